The Balaban J connectivity index is 1.98. The van der Waals surface area contributed by atoms with Crippen molar-refractivity contribution >= 4 is 15.9 Å². The summed E-state index contributed by atoms with van der Waals surface area (Å²) in [5, 5.41) is 2.25. The lowest BCUT2D eigenvalue weighted by Gasteiger charge is -2.11. The van der Waals surface area contributed by atoms with Crippen molar-refractivity contribution in [3.63, 3.8) is 0 Å². The van der Waals surface area contributed by atoms with Crippen LogP contribution in [0.25, 0.3) is 0 Å². The fraction of sp³-hybridized carbons (Fsp3) is 0.250. The highest BCUT2D eigenvalue weighted by molar-refractivity contribution is 9.10. The van der Waals surface area contributed by atoms with E-state index >= 15 is 0 Å². The van der Waals surface area contributed by atoms with Crippen LogP contribution in [0.5, 0.6) is 11.5 Å². The van der Waals surface area contributed by atoms with Crippen LogP contribution in [0.4, 0.5) is 0 Å². The zero-order chi connectivity index (χ0) is 14.4. The second-order valence-corrected chi connectivity index (χ2v) is 5.39. The SMILES string of the molecule is COc1cccc(C[NH2+]Cc2ccc(Br)cc2)c1OC. The molecule has 0 aliphatic heterocycles. The van der Waals surface area contributed by atoms with E-state index in [0.717, 1.165) is 34.6 Å². The maximum atomic E-state index is 5.43. The molecule has 0 saturated carbocycles. The molecular formula is C16H19BrNO2+. The summed E-state index contributed by atoms with van der Waals surface area (Å²) in [6.45, 7) is 1.80. The fourth-order valence-corrected chi connectivity index (χ4v) is 2.39. The molecule has 3 nitrogen and oxygen atoms in total. The van der Waals surface area contributed by atoms with Gasteiger partial charge < -0.3 is 14.8 Å². The molecule has 0 aromatic heterocycles. The number of ether oxygens (including phenoxy) is 2. The van der Waals surface area contributed by atoms with Gasteiger partial charge in [0.1, 0.15) is 13.1 Å². The van der Waals surface area contributed by atoms with Crippen LogP contribution in [-0.4, -0.2) is 14.2 Å². The third kappa shape index (κ3) is 3.74. The third-order valence-corrected chi connectivity index (χ3v) is 3.67. The second-order valence-electron chi connectivity index (χ2n) is 4.48. The molecule has 0 aliphatic carbocycles. The summed E-state index contributed by atoms with van der Waals surface area (Å²) < 4.78 is 11.9. The van der Waals surface area contributed by atoms with E-state index in [9.17, 15) is 0 Å². The van der Waals surface area contributed by atoms with Crippen molar-refractivity contribution in [2.45, 2.75) is 13.1 Å². The van der Waals surface area contributed by atoms with Crippen LogP contribution < -0.4 is 14.8 Å². The Morgan fingerprint density at radius 1 is 0.950 bits per heavy atom. The van der Waals surface area contributed by atoms with Crippen molar-refractivity contribution in [1.82, 2.24) is 0 Å². The number of para-hydroxylation sites is 1. The summed E-state index contributed by atoms with van der Waals surface area (Å²) in [6, 6.07) is 14.4. The molecule has 0 heterocycles. The van der Waals surface area contributed by atoms with E-state index in [1.54, 1.807) is 14.2 Å². The standard InChI is InChI=1S/C16H18BrNO2/c1-19-15-5-3-4-13(16(15)20-2)11-18-10-12-6-8-14(17)9-7-12/h3-9,18H,10-11H2,1-2H3/p+1. The third-order valence-electron chi connectivity index (χ3n) is 3.14. The number of benzene rings is 2. The van der Waals surface area contributed by atoms with Crippen molar-refractivity contribution in [2.75, 3.05) is 14.2 Å². The van der Waals surface area contributed by atoms with Gasteiger partial charge in [-0.3, -0.25) is 0 Å². The van der Waals surface area contributed by atoms with Gasteiger partial charge in [-0.1, -0.05) is 34.1 Å². The van der Waals surface area contributed by atoms with Gasteiger partial charge in [0.15, 0.2) is 11.5 Å². The predicted molar refractivity (Wildman–Crippen MR) is 83.0 cm³/mol. The summed E-state index contributed by atoms with van der Waals surface area (Å²) in [7, 11) is 3.34. The van der Waals surface area contributed by atoms with Gasteiger partial charge in [-0.15, -0.1) is 0 Å². The zero-order valence-corrected chi connectivity index (χ0v) is 13.3. The topological polar surface area (TPSA) is 35.1 Å². The van der Waals surface area contributed by atoms with E-state index in [1.165, 1.54) is 5.56 Å². The molecule has 2 N–H and O–H groups in total. The van der Waals surface area contributed by atoms with Crippen molar-refractivity contribution in [3.8, 4) is 11.5 Å². The maximum absolute atomic E-state index is 5.43. The van der Waals surface area contributed by atoms with Crippen LogP contribution in [0, 0.1) is 0 Å². The zero-order valence-electron chi connectivity index (χ0n) is 11.7. The normalized spacial score (nSPS) is 10.3. The second kappa shape index (κ2) is 7.31. The maximum Gasteiger partial charge on any atom is 0.169 e. The molecule has 0 saturated heterocycles. The summed E-state index contributed by atoms with van der Waals surface area (Å²) in [5.41, 5.74) is 2.44. The van der Waals surface area contributed by atoms with Gasteiger partial charge in [-0.25, -0.2) is 0 Å². The van der Waals surface area contributed by atoms with Crippen LogP contribution in [0.2, 0.25) is 0 Å². The average molecular weight is 337 g/mol. The summed E-state index contributed by atoms with van der Waals surface area (Å²) in [4.78, 5) is 0. The quantitative estimate of drug-likeness (QED) is 0.880. The Morgan fingerprint density at radius 2 is 1.70 bits per heavy atom. The summed E-state index contributed by atoms with van der Waals surface area (Å²) >= 11 is 3.44. The van der Waals surface area contributed by atoms with Crippen LogP contribution in [0.15, 0.2) is 46.9 Å². The van der Waals surface area contributed by atoms with Gasteiger partial charge in [0.2, 0.25) is 0 Å². The molecule has 20 heavy (non-hydrogen) atoms. The van der Waals surface area contributed by atoms with E-state index in [2.05, 4.69) is 51.6 Å². The molecule has 0 fully saturated rings. The van der Waals surface area contributed by atoms with Crippen LogP contribution in [0.1, 0.15) is 11.1 Å². The fourth-order valence-electron chi connectivity index (χ4n) is 2.13. The number of hydrogen-bond acceptors (Lipinski definition) is 2. The first kappa shape index (κ1) is 14.9. The predicted octanol–water partition coefficient (Wildman–Crippen LogP) is 2.73. The van der Waals surface area contributed by atoms with Gasteiger partial charge in [-0.05, 0) is 24.3 Å². The van der Waals surface area contributed by atoms with Gasteiger partial charge in [0.05, 0.1) is 19.8 Å². The number of methoxy groups -OCH3 is 2. The Bertz CT molecular complexity index is 555. The van der Waals surface area contributed by atoms with Crippen LogP contribution in [0.3, 0.4) is 0 Å². The molecule has 0 amide bonds. The molecule has 106 valence electrons. The molecule has 0 bridgehead atoms. The molecule has 0 aliphatic rings. The first-order valence-corrected chi connectivity index (χ1v) is 7.30. The molecule has 0 radical (unpaired) electrons. The number of hydrogen-bond donors (Lipinski definition) is 1. The van der Waals surface area contributed by atoms with E-state index in [0.29, 0.717) is 0 Å². The Hall–Kier alpha value is -1.52. The van der Waals surface area contributed by atoms with Gasteiger partial charge in [-0.2, -0.15) is 0 Å². The average Bonchev–Trinajstić information content (AvgIpc) is 2.49. The van der Waals surface area contributed by atoms with Gasteiger partial charge >= 0.3 is 0 Å². The van der Waals surface area contributed by atoms with Crippen LogP contribution in [-0.2, 0) is 13.1 Å². The smallest absolute Gasteiger partial charge is 0.169 e. The van der Waals surface area contributed by atoms with Crippen LogP contribution >= 0.6 is 15.9 Å². The lowest BCUT2D eigenvalue weighted by Crippen LogP contribution is -2.80. The highest BCUT2D eigenvalue weighted by Crippen LogP contribution is 2.29. The Labute approximate surface area is 128 Å². The van der Waals surface area contributed by atoms with Gasteiger partial charge in [0, 0.05) is 10.0 Å². The minimum Gasteiger partial charge on any atom is -0.493 e. The van der Waals surface area contributed by atoms with Gasteiger partial charge in [0.25, 0.3) is 0 Å². The molecule has 4 heteroatoms. The highest BCUT2D eigenvalue weighted by Gasteiger charge is 2.10. The van der Waals surface area contributed by atoms with E-state index < -0.39 is 0 Å². The van der Waals surface area contributed by atoms with E-state index in [-0.39, 0.29) is 0 Å². The van der Waals surface area contributed by atoms with Crippen molar-refractivity contribution in [3.05, 3.63) is 58.1 Å². The highest BCUT2D eigenvalue weighted by atomic mass is 79.9. The molecule has 0 atom stereocenters. The number of rotatable bonds is 6. The molecule has 0 unspecified atom stereocenters. The van der Waals surface area contributed by atoms with Crippen molar-refractivity contribution < 1.29 is 14.8 Å². The van der Waals surface area contributed by atoms with Crippen molar-refractivity contribution in [2.24, 2.45) is 0 Å². The van der Waals surface area contributed by atoms with Crippen molar-refractivity contribution in [1.29, 1.82) is 0 Å². The molecule has 0 spiro atoms. The monoisotopic (exact) mass is 336 g/mol. The lowest BCUT2D eigenvalue weighted by atomic mass is 10.1. The minimum absolute atomic E-state index is 0.780. The molecular weight excluding hydrogens is 318 g/mol. The molecule has 2 rings (SSSR count). The first-order chi connectivity index (χ1) is 9.74. The lowest BCUT2D eigenvalue weighted by molar-refractivity contribution is -0.686. The number of quaternary nitrogens is 1. The van der Waals surface area contributed by atoms with E-state index in [1.807, 2.05) is 12.1 Å². The molecule has 2 aromatic carbocycles. The minimum atomic E-state index is 0.780. The first-order valence-electron chi connectivity index (χ1n) is 6.50. The Morgan fingerprint density at radius 3 is 2.35 bits per heavy atom. The summed E-state index contributed by atoms with van der Waals surface area (Å²) in [6.07, 6.45) is 0. The van der Waals surface area contributed by atoms with E-state index in [4.69, 9.17) is 9.47 Å². The largest absolute Gasteiger partial charge is 0.493 e. The number of halogens is 1. The number of nitrogens with two attached hydrogens (primary N) is 1. The Kier molecular flexibility index (Phi) is 5.44. The summed E-state index contributed by atoms with van der Waals surface area (Å²) in [5.74, 6) is 1.60. The molecule has 2 aromatic rings.